The highest BCUT2D eigenvalue weighted by Crippen LogP contribution is 2.24. The lowest BCUT2D eigenvalue weighted by molar-refractivity contribution is -0.156. The zero-order valence-electron chi connectivity index (χ0n) is 9.83. The van der Waals surface area contributed by atoms with E-state index in [2.05, 4.69) is 10.3 Å². The molecule has 0 spiro atoms. The van der Waals surface area contributed by atoms with Gasteiger partial charge in [-0.25, -0.2) is 4.68 Å². The van der Waals surface area contributed by atoms with Crippen LogP contribution in [0.2, 0.25) is 0 Å². The van der Waals surface area contributed by atoms with Crippen LogP contribution in [0, 0.1) is 0 Å². The van der Waals surface area contributed by atoms with E-state index in [-0.39, 0.29) is 12.5 Å². The van der Waals surface area contributed by atoms with Crippen LogP contribution in [-0.4, -0.2) is 49.6 Å². The van der Waals surface area contributed by atoms with Crippen molar-refractivity contribution >= 4 is 5.91 Å². The Morgan fingerprint density at radius 3 is 2.88 bits per heavy atom. The van der Waals surface area contributed by atoms with Crippen LogP contribution < -0.4 is 5.73 Å². The molecule has 0 aliphatic carbocycles. The SMILES string of the molecule is CCC1(O)CN(C(=O)Cn2cc(CN)nn2)C1. The average molecular weight is 239 g/mol. The molecule has 0 atom stereocenters. The third-order valence-corrected chi connectivity index (χ3v) is 3.07. The van der Waals surface area contributed by atoms with Crippen LogP contribution in [0.15, 0.2) is 6.20 Å². The number of hydrogen-bond acceptors (Lipinski definition) is 5. The molecule has 1 fully saturated rings. The van der Waals surface area contributed by atoms with Crippen LogP contribution in [0.5, 0.6) is 0 Å². The molecule has 0 unspecified atom stereocenters. The van der Waals surface area contributed by atoms with Crippen molar-refractivity contribution in [2.45, 2.75) is 32.0 Å². The second-order valence-corrected chi connectivity index (χ2v) is 4.44. The summed E-state index contributed by atoms with van der Waals surface area (Å²) in [5.74, 6) is -0.0587. The van der Waals surface area contributed by atoms with Crippen molar-refractivity contribution in [3.8, 4) is 0 Å². The van der Waals surface area contributed by atoms with Gasteiger partial charge in [0.1, 0.15) is 6.54 Å². The summed E-state index contributed by atoms with van der Waals surface area (Å²) in [6.07, 6.45) is 2.32. The van der Waals surface area contributed by atoms with Gasteiger partial charge in [-0.15, -0.1) is 5.10 Å². The molecule has 0 saturated carbocycles. The zero-order chi connectivity index (χ0) is 12.5. The van der Waals surface area contributed by atoms with Crippen LogP contribution in [0.25, 0.3) is 0 Å². The topological polar surface area (TPSA) is 97.3 Å². The Kier molecular flexibility index (Phi) is 3.12. The van der Waals surface area contributed by atoms with Crippen LogP contribution in [0.3, 0.4) is 0 Å². The van der Waals surface area contributed by atoms with Crippen LogP contribution in [-0.2, 0) is 17.9 Å². The van der Waals surface area contributed by atoms with Crippen LogP contribution >= 0.6 is 0 Å². The first-order chi connectivity index (χ1) is 8.06. The third kappa shape index (κ3) is 2.45. The summed E-state index contributed by atoms with van der Waals surface area (Å²) in [6, 6.07) is 0. The Morgan fingerprint density at radius 1 is 1.65 bits per heavy atom. The van der Waals surface area contributed by atoms with Crippen molar-refractivity contribution in [2.24, 2.45) is 5.73 Å². The number of nitrogens with two attached hydrogens (primary N) is 1. The number of carbonyl (C=O) groups excluding carboxylic acids is 1. The Balaban J connectivity index is 1.86. The van der Waals surface area contributed by atoms with Crippen molar-refractivity contribution in [1.82, 2.24) is 19.9 Å². The lowest BCUT2D eigenvalue weighted by atomic mass is 9.91. The fraction of sp³-hybridized carbons (Fsp3) is 0.700. The summed E-state index contributed by atoms with van der Waals surface area (Å²) in [7, 11) is 0. The zero-order valence-corrected chi connectivity index (χ0v) is 9.83. The number of hydrogen-bond donors (Lipinski definition) is 2. The highest BCUT2D eigenvalue weighted by molar-refractivity contribution is 5.77. The molecule has 2 heterocycles. The second-order valence-electron chi connectivity index (χ2n) is 4.44. The summed E-state index contributed by atoms with van der Waals surface area (Å²) < 4.78 is 1.47. The molecule has 94 valence electrons. The number of likely N-dealkylation sites (tertiary alicyclic amines) is 1. The minimum Gasteiger partial charge on any atom is -0.386 e. The van der Waals surface area contributed by atoms with Gasteiger partial charge in [0.05, 0.1) is 30.6 Å². The molecule has 1 aliphatic rings. The lowest BCUT2D eigenvalue weighted by Gasteiger charge is -2.46. The van der Waals surface area contributed by atoms with Crippen molar-refractivity contribution in [2.75, 3.05) is 13.1 Å². The van der Waals surface area contributed by atoms with E-state index >= 15 is 0 Å². The van der Waals surface area contributed by atoms with Gasteiger partial charge >= 0.3 is 0 Å². The molecule has 3 N–H and O–H groups in total. The Hall–Kier alpha value is -1.47. The van der Waals surface area contributed by atoms with Gasteiger partial charge in [-0.3, -0.25) is 4.79 Å². The van der Waals surface area contributed by atoms with Gasteiger partial charge < -0.3 is 15.7 Å². The Bertz CT molecular complexity index is 411. The maximum Gasteiger partial charge on any atom is 0.244 e. The van der Waals surface area contributed by atoms with Crippen molar-refractivity contribution in [1.29, 1.82) is 0 Å². The predicted octanol–water partition coefficient (Wildman–Crippen LogP) is -1.28. The number of rotatable bonds is 4. The van der Waals surface area contributed by atoms with Crippen molar-refractivity contribution in [3.63, 3.8) is 0 Å². The first-order valence-electron chi connectivity index (χ1n) is 5.65. The van der Waals surface area contributed by atoms with E-state index in [0.717, 1.165) is 0 Å². The highest BCUT2D eigenvalue weighted by Gasteiger charge is 2.41. The lowest BCUT2D eigenvalue weighted by Crippen LogP contribution is -2.63. The standard InChI is InChI=1S/C10H17N5O2/c1-2-10(17)6-14(7-10)9(16)5-15-4-8(3-11)12-13-15/h4,17H,2-3,5-7,11H2,1H3. The number of carbonyl (C=O) groups is 1. The normalized spacial score (nSPS) is 17.9. The molecule has 0 aromatic carbocycles. The summed E-state index contributed by atoms with van der Waals surface area (Å²) in [6.45, 7) is 3.18. The molecule has 1 aliphatic heterocycles. The molecule has 1 saturated heterocycles. The number of aliphatic hydroxyl groups is 1. The van der Waals surface area contributed by atoms with Gasteiger partial charge in [0.15, 0.2) is 0 Å². The molecule has 1 aromatic rings. The average Bonchev–Trinajstić information content (AvgIpc) is 2.72. The monoisotopic (exact) mass is 239 g/mol. The van der Waals surface area contributed by atoms with E-state index < -0.39 is 5.60 Å². The molecule has 1 aromatic heterocycles. The molecule has 0 radical (unpaired) electrons. The summed E-state index contributed by atoms with van der Waals surface area (Å²) in [4.78, 5) is 13.4. The van der Waals surface area contributed by atoms with E-state index in [1.807, 2.05) is 6.92 Å². The van der Waals surface area contributed by atoms with Crippen molar-refractivity contribution in [3.05, 3.63) is 11.9 Å². The van der Waals surface area contributed by atoms with E-state index in [0.29, 0.717) is 31.7 Å². The van der Waals surface area contributed by atoms with Gasteiger partial charge in [-0.05, 0) is 6.42 Å². The minimum atomic E-state index is -0.694. The fourth-order valence-electron chi connectivity index (χ4n) is 1.81. The van der Waals surface area contributed by atoms with Crippen LogP contribution in [0.1, 0.15) is 19.0 Å². The molecule has 2 rings (SSSR count). The van der Waals surface area contributed by atoms with E-state index in [1.165, 1.54) is 4.68 Å². The third-order valence-electron chi connectivity index (χ3n) is 3.07. The molecule has 0 bridgehead atoms. The first-order valence-corrected chi connectivity index (χ1v) is 5.65. The van der Waals surface area contributed by atoms with Gasteiger partial charge in [0, 0.05) is 6.54 Å². The summed E-state index contributed by atoms with van der Waals surface area (Å²) in [5, 5.41) is 17.4. The molecular formula is C10H17N5O2. The quantitative estimate of drug-likeness (QED) is 0.682. The molecule has 17 heavy (non-hydrogen) atoms. The van der Waals surface area contributed by atoms with Crippen LogP contribution in [0.4, 0.5) is 0 Å². The maximum absolute atomic E-state index is 11.8. The molecular weight excluding hydrogens is 222 g/mol. The number of amides is 1. The fourth-order valence-corrected chi connectivity index (χ4v) is 1.81. The molecule has 7 heteroatoms. The largest absolute Gasteiger partial charge is 0.386 e. The number of aromatic nitrogens is 3. The van der Waals surface area contributed by atoms with E-state index in [4.69, 9.17) is 5.73 Å². The summed E-state index contributed by atoms with van der Waals surface area (Å²) in [5.41, 5.74) is 5.37. The van der Waals surface area contributed by atoms with Gasteiger partial charge in [0.25, 0.3) is 0 Å². The van der Waals surface area contributed by atoms with Gasteiger partial charge in [-0.1, -0.05) is 12.1 Å². The highest BCUT2D eigenvalue weighted by atomic mass is 16.3. The number of β-amino-alcohol motifs (C(OH)–C–C–N with tert-alkyl or cyclic N) is 1. The second kappa shape index (κ2) is 4.42. The molecule has 1 amide bonds. The summed E-state index contributed by atoms with van der Waals surface area (Å²) >= 11 is 0. The smallest absolute Gasteiger partial charge is 0.244 e. The van der Waals surface area contributed by atoms with Crippen molar-refractivity contribution < 1.29 is 9.90 Å². The first kappa shape index (κ1) is 12.0. The number of nitrogens with zero attached hydrogens (tertiary/aromatic N) is 4. The van der Waals surface area contributed by atoms with E-state index in [9.17, 15) is 9.90 Å². The maximum atomic E-state index is 11.8. The van der Waals surface area contributed by atoms with Gasteiger partial charge in [0.2, 0.25) is 5.91 Å². The Labute approximate surface area is 99.2 Å². The molecule has 7 nitrogen and oxygen atoms in total. The predicted molar refractivity (Wildman–Crippen MR) is 59.7 cm³/mol. The minimum absolute atomic E-state index is 0.0587. The van der Waals surface area contributed by atoms with Gasteiger partial charge in [-0.2, -0.15) is 0 Å². The van der Waals surface area contributed by atoms with E-state index in [1.54, 1.807) is 11.1 Å². The Morgan fingerprint density at radius 2 is 2.35 bits per heavy atom.